The number of carbonyl (C=O) groups is 1. The van der Waals surface area contributed by atoms with E-state index in [0.717, 1.165) is 18.7 Å². The number of anilines is 2. The number of rotatable bonds is 6. The SMILES string of the molecule is CC(C)NC(=O)Nc1ccc(N(C)CCc2ccncc2)cn1. The van der Waals surface area contributed by atoms with E-state index < -0.39 is 0 Å². The Bertz CT molecular complexity index is 613. The summed E-state index contributed by atoms with van der Waals surface area (Å²) >= 11 is 0. The number of carbonyl (C=O) groups excluding carboxylic acids is 1. The van der Waals surface area contributed by atoms with E-state index in [-0.39, 0.29) is 12.1 Å². The Kier molecular flexibility index (Phi) is 5.91. The molecule has 0 bridgehead atoms. The molecule has 0 radical (unpaired) electrons. The maximum atomic E-state index is 11.6. The fraction of sp³-hybridized carbons (Fsp3) is 0.353. The molecule has 0 aliphatic rings. The number of urea groups is 1. The van der Waals surface area contributed by atoms with Crippen LogP contribution in [0.3, 0.4) is 0 Å². The van der Waals surface area contributed by atoms with Crippen LogP contribution >= 0.6 is 0 Å². The zero-order chi connectivity index (χ0) is 16.7. The highest BCUT2D eigenvalue weighted by molar-refractivity contribution is 5.88. The Morgan fingerprint density at radius 3 is 2.57 bits per heavy atom. The van der Waals surface area contributed by atoms with E-state index in [1.54, 1.807) is 24.7 Å². The van der Waals surface area contributed by atoms with Gasteiger partial charge in [-0.3, -0.25) is 10.3 Å². The zero-order valence-corrected chi connectivity index (χ0v) is 13.8. The number of likely N-dealkylation sites (N-methyl/N-ethyl adjacent to an activating group) is 1. The first-order chi connectivity index (χ1) is 11.0. The quantitative estimate of drug-likeness (QED) is 0.860. The molecule has 122 valence electrons. The molecule has 0 saturated heterocycles. The van der Waals surface area contributed by atoms with Crippen molar-refractivity contribution >= 4 is 17.5 Å². The smallest absolute Gasteiger partial charge is 0.320 e. The van der Waals surface area contributed by atoms with Gasteiger partial charge in [-0.25, -0.2) is 9.78 Å². The third kappa shape index (κ3) is 5.58. The van der Waals surface area contributed by atoms with Crippen LogP contribution < -0.4 is 15.5 Å². The number of pyridine rings is 2. The van der Waals surface area contributed by atoms with Gasteiger partial charge in [0.1, 0.15) is 5.82 Å². The molecule has 0 atom stereocenters. The molecule has 2 heterocycles. The van der Waals surface area contributed by atoms with Crippen LogP contribution in [-0.4, -0.2) is 35.6 Å². The molecular weight excluding hydrogens is 290 g/mol. The van der Waals surface area contributed by atoms with Crippen LogP contribution in [0.15, 0.2) is 42.9 Å². The molecule has 2 aromatic heterocycles. The fourth-order valence-corrected chi connectivity index (χ4v) is 2.08. The summed E-state index contributed by atoms with van der Waals surface area (Å²) in [5, 5.41) is 5.47. The van der Waals surface area contributed by atoms with Crippen molar-refractivity contribution in [2.75, 3.05) is 23.8 Å². The number of hydrogen-bond acceptors (Lipinski definition) is 4. The number of hydrogen-bond donors (Lipinski definition) is 2. The molecule has 23 heavy (non-hydrogen) atoms. The number of nitrogens with zero attached hydrogens (tertiary/aromatic N) is 3. The van der Waals surface area contributed by atoms with Crippen molar-refractivity contribution in [3.05, 3.63) is 48.4 Å². The summed E-state index contributed by atoms with van der Waals surface area (Å²) in [6.07, 6.45) is 6.31. The fourth-order valence-electron chi connectivity index (χ4n) is 2.08. The van der Waals surface area contributed by atoms with Crippen LogP contribution in [-0.2, 0) is 6.42 Å². The van der Waals surface area contributed by atoms with Crippen LogP contribution in [0.2, 0.25) is 0 Å². The lowest BCUT2D eigenvalue weighted by molar-refractivity contribution is 0.250. The Morgan fingerprint density at radius 1 is 1.22 bits per heavy atom. The first-order valence-electron chi connectivity index (χ1n) is 7.68. The molecule has 6 nitrogen and oxygen atoms in total. The van der Waals surface area contributed by atoms with E-state index in [9.17, 15) is 4.79 Å². The Morgan fingerprint density at radius 2 is 1.96 bits per heavy atom. The molecular formula is C17H23N5O. The molecule has 0 aromatic carbocycles. The van der Waals surface area contributed by atoms with Crippen LogP contribution in [0, 0.1) is 0 Å². The second kappa shape index (κ2) is 8.12. The molecule has 0 aliphatic heterocycles. The van der Waals surface area contributed by atoms with Crippen molar-refractivity contribution < 1.29 is 4.79 Å². The van der Waals surface area contributed by atoms with Gasteiger partial charge in [-0.2, -0.15) is 0 Å². The van der Waals surface area contributed by atoms with E-state index in [1.165, 1.54) is 5.56 Å². The maximum Gasteiger partial charge on any atom is 0.320 e. The highest BCUT2D eigenvalue weighted by atomic mass is 16.2. The van der Waals surface area contributed by atoms with Gasteiger partial charge < -0.3 is 10.2 Å². The van der Waals surface area contributed by atoms with Gasteiger partial charge in [0.2, 0.25) is 0 Å². The van der Waals surface area contributed by atoms with Gasteiger partial charge >= 0.3 is 6.03 Å². The summed E-state index contributed by atoms with van der Waals surface area (Å²) in [6.45, 7) is 4.70. The van der Waals surface area contributed by atoms with Crippen LogP contribution in [0.4, 0.5) is 16.3 Å². The van der Waals surface area contributed by atoms with E-state index in [2.05, 4.69) is 25.5 Å². The van der Waals surface area contributed by atoms with Crippen molar-refractivity contribution in [3.8, 4) is 0 Å². The molecule has 0 unspecified atom stereocenters. The highest BCUT2D eigenvalue weighted by Gasteiger charge is 2.06. The minimum absolute atomic E-state index is 0.0913. The van der Waals surface area contributed by atoms with Crippen LogP contribution in [0.25, 0.3) is 0 Å². The molecule has 2 amide bonds. The minimum Gasteiger partial charge on any atom is -0.373 e. The van der Waals surface area contributed by atoms with Gasteiger partial charge in [0.05, 0.1) is 11.9 Å². The highest BCUT2D eigenvalue weighted by Crippen LogP contribution is 2.14. The number of aromatic nitrogens is 2. The molecule has 0 aliphatic carbocycles. The van der Waals surface area contributed by atoms with Crippen LogP contribution in [0.1, 0.15) is 19.4 Å². The minimum atomic E-state index is -0.244. The summed E-state index contributed by atoms with van der Waals surface area (Å²) in [4.78, 5) is 22.1. The van der Waals surface area contributed by atoms with Crippen molar-refractivity contribution in [2.24, 2.45) is 0 Å². The van der Waals surface area contributed by atoms with Gasteiger partial charge in [0.15, 0.2) is 0 Å². The summed E-state index contributed by atoms with van der Waals surface area (Å²) in [5.74, 6) is 0.537. The number of amides is 2. The lowest BCUT2D eigenvalue weighted by Gasteiger charge is -2.19. The average Bonchev–Trinajstić information content (AvgIpc) is 2.53. The predicted molar refractivity (Wildman–Crippen MR) is 92.7 cm³/mol. The summed E-state index contributed by atoms with van der Waals surface area (Å²) in [7, 11) is 2.02. The molecule has 2 aromatic rings. The Balaban J connectivity index is 1.87. The average molecular weight is 313 g/mol. The molecule has 0 spiro atoms. The molecule has 6 heteroatoms. The monoisotopic (exact) mass is 313 g/mol. The first kappa shape index (κ1) is 16.7. The van der Waals surface area contributed by atoms with Gasteiger partial charge in [-0.05, 0) is 50.1 Å². The topological polar surface area (TPSA) is 70.2 Å². The zero-order valence-electron chi connectivity index (χ0n) is 13.8. The van der Waals surface area contributed by atoms with Crippen molar-refractivity contribution in [1.82, 2.24) is 15.3 Å². The Labute approximate surface area is 137 Å². The lowest BCUT2D eigenvalue weighted by Crippen LogP contribution is -2.34. The summed E-state index contributed by atoms with van der Waals surface area (Å²) in [6, 6.07) is 7.64. The molecule has 2 rings (SSSR count). The van der Waals surface area contributed by atoms with Crippen molar-refractivity contribution in [1.29, 1.82) is 0 Å². The van der Waals surface area contributed by atoms with Crippen LogP contribution in [0.5, 0.6) is 0 Å². The summed E-state index contributed by atoms with van der Waals surface area (Å²) in [5.41, 5.74) is 2.26. The van der Waals surface area contributed by atoms with E-state index in [4.69, 9.17) is 0 Å². The maximum absolute atomic E-state index is 11.6. The predicted octanol–water partition coefficient (Wildman–Crippen LogP) is 2.69. The van der Waals surface area contributed by atoms with E-state index in [1.807, 2.05) is 39.1 Å². The van der Waals surface area contributed by atoms with Gasteiger partial charge in [-0.1, -0.05) is 0 Å². The number of nitrogens with one attached hydrogen (secondary N) is 2. The summed E-state index contributed by atoms with van der Waals surface area (Å²) < 4.78 is 0. The lowest BCUT2D eigenvalue weighted by atomic mass is 10.2. The van der Waals surface area contributed by atoms with Crippen molar-refractivity contribution in [2.45, 2.75) is 26.3 Å². The van der Waals surface area contributed by atoms with Crippen molar-refractivity contribution in [3.63, 3.8) is 0 Å². The first-order valence-corrected chi connectivity index (χ1v) is 7.68. The van der Waals surface area contributed by atoms with Gasteiger partial charge in [-0.15, -0.1) is 0 Å². The third-order valence-electron chi connectivity index (χ3n) is 3.34. The largest absolute Gasteiger partial charge is 0.373 e. The molecule has 2 N–H and O–H groups in total. The Hall–Kier alpha value is -2.63. The van der Waals surface area contributed by atoms with Gasteiger partial charge in [0, 0.05) is 32.0 Å². The molecule has 0 saturated carbocycles. The van der Waals surface area contributed by atoms with E-state index >= 15 is 0 Å². The standard InChI is InChI=1S/C17H23N5O/c1-13(2)20-17(23)21-16-5-4-15(12-19-16)22(3)11-8-14-6-9-18-10-7-14/h4-7,9-10,12-13H,8,11H2,1-3H3,(H2,19,20,21,23). The third-order valence-corrected chi connectivity index (χ3v) is 3.34. The van der Waals surface area contributed by atoms with E-state index in [0.29, 0.717) is 5.82 Å². The normalized spacial score (nSPS) is 10.4. The van der Waals surface area contributed by atoms with Gasteiger partial charge in [0.25, 0.3) is 0 Å². The molecule has 0 fully saturated rings. The second-order valence-corrected chi connectivity index (χ2v) is 5.68. The second-order valence-electron chi connectivity index (χ2n) is 5.68.